The standard InChI is InChI=1S/C16H15ClN2O4/c1-11-4-2-5-12(8-11)22-10-15(21)23-9-14(20)19-13-6-3-7-18-16(13)17/h2-8H,9-10H2,1H3,(H,19,20). The first-order chi connectivity index (χ1) is 11.0. The van der Waals surface area contributed by atoms with Gasteiger partial charge in [0.1, 0.15) is 5.75 Å². The number of hydrogen-bond donors (Lipinski definition) is 1. The van der Waals surface area contributed by atoms with E-state index in [9.17, 15) is 9.59 Å². The molecule has 0 atom stereocenters. The van der Waals surface area contributed by atoms with Gasteiger partial charge in [-0.1, -0.05) is 23.7 Å². The lowest BCUT2D eigenvalue weighted by Gasteiger charge is -2.08. The Labute approximate surface area is 138 Å². The van der Waals surface area contributed by atoms with Crippen molar-refractivity contribution < 1.29 is 19.1 Å². The molecule has 0 aliphatic heterocycles. The van der Waals surface area contributed by atoms with Crippen molar-refractivity contribution in [2.45, 2.75) is 6.92 Å². The van der Waals surface area contributed by atoms with Gasteiger partial charge in [-0.15, -0.1) is 0 Å². The van der Waals surface area contributed by atoms with E-state index in [0.717, 1.165) is 5.56 Å². The summed E-state index contributed by atoms with van der Waals surface area (Å²) >= 11 is 5.81. The molecule has 0 aliphatic carbocycles. The minimum absolute atomic E-state index is 0.162. The zero-order chi connectivity index (χ0) is 16.7. The van der Waals surface area contributed by atoms with E-state index in [4.69, 9.17) is 21.1 Å². The third kappa shape index (κ3) is 5.60. The SMILES string of the molecule is Cc1cccc(OCC(=O)OCC(=O)Nc2cccnc2Cl)c1. The lowest BCUT2D eigenvalue weighted by molar-refractivity contribution is -0.149. The first-order valence-electron chi connectivity index (χ1n) is 6.80. The van der Waals surface area contributed by atoms with Crippen LogP contribution in [-0.4, -0.2) is 30.1 Å². The molecule has 1 heterocycles. The molecular weight excluding hydrogens is 320 g/mol. The number of ether oxygens (including phenoxy) is 2. The highest BCUT2D eigenvalue weighted by Gasteiger charge is 2.10. The number of anilines is 1. The number of aromatic nitrogens is 1. The summed E-state index contributed by atoms with van der Waals surface area (Å²) in [5.41, 5.74) is 1.37. The second-order valence-corrected chi connectivity index (χ2v) is 5.01. The number of nitrogens with zero attached hydrogens (tertiary/aromatic N) is 1. The molecule has 6 nitrogen and oxygen atoms in total. The summed E-state index contributed by atoms with van der Waals surface area (Å²) in [5.74, 6) is -0.587. The predicted molar refractivity (Wildman–Crippen MR) is 85.5 cm³/mol. The number of rotatable bonds is 6. The third-order valence-corrected chi connectivity index (χ3v) is 3.04. The molecule has 1 aromatic carbocycles. The van der Waals surface area contributed by atoms with E-state index in [1.54, 1.807) is 24.3 Å². The van der Waals surface area contributed by atoms with Crippen molar-refractivity contribution >= 4 is 29.2 Å². The fraction of sp³-hybridized carbons (Fsp3) is 0.188. The van der Waals surface area contributed by atoms with Crippen molar-refractivity contribution in [3.05, 3.63) is 53.3 Å². The van der Waals surface area contributed by atoms with E-state index in [1.165, 1.54) is 6.20 Å². The molecule has 0 bridgehead atoms. The maximum atomic E-state index is 11.7. The second-order valence-electron chi connectivity index (χ2n) is 4.66. The summed E-state index contributed by atoms with van der Waals surface area (Å²) in [6, 6.07) is 10.5. The van der Waals surface area contributed by atoms with Crippen LogP contribution in [0.1, 0.15) is 5.56 Å². The van der Waals surface area contributed by atoms with E-state index in [0.29, 0.717) is 11.4 Å². The Kier molecular flexibility index (Phi) is 5.94. The van der Waals surface area contributed by atoms with Gasteiger partial charge in [-0.2, -0.15) is 0 Å². The van der Waals surface area contributed by atoms with E-state index < -0.39 is 18.5 Å². The molecule has 7 heteroatoms. The molecule has 1 amide bonds. The van der Waals surface area contributed by atoms with Crippen LogP contribution in [0.5, 0.6) is 5.75 Å². The molecule has 1 aromatic heterocycles. The smallest absolute Gasteiger partial charge is 0.344 e. The molecule has 0 saturated heterocycles. The Morgan fingerprint density at radius 2 is 2.04 bits per heavy atom. The second kappa shape index (κ2) is 8.14. The Hall–Kier alpha value is -2.60. The molecule has 0 unspecified atom stereocenters. The van der Waals surface area contributed by atoms with Crippen LogP contribution in [0.3, 0.4) is 0 Å². The van der Waals surface area contributed by atoms with Crippen LogP contribution in [-0.2, 0) is 14.3 Å². The maximum Gasteiger partial charge on any atom is 0.344 e. The van der Waals surface area contributed by atoms with Crippen molar-refractivity contribution in [1.82, 2.24) is 4.98 Å². The fourth-order valence-electron chi connectivity index (χ4n) is 1.70. The highest BCUT2D eigenvalue weighted by Crippen LogP contribution is 2.17. The van der Waals surface area contributed by atoms with Crippen LogP contribution in [0.25, 0.3) is 0 Å². The molecule has 0 spiro atoms. The van der Waals surface area contributed by atoms with Crippen molar-refractivity contribution in [3.8, 4) is 5.75 Å². The van der Waals surface area contributed by atoms with Gasteiger partial charge in [0.25, 0.3) is 5.91 Å². The van der Waals surface area contributed by atoms with Gasteiger partial charge in [0.2, 0.25) is 0 Å². The van der Waals surface area contributed by atoms with Gasteiger partial charge in [-0.25, -0.2) is 9.78 Å². The van der Waals surface area contributed by atoms with E-state index in [1.807, 2.05) is 19.1 Å². The molecule has 0 saturated carbocycles. The van der Waals surface area contributed by atoms with Crippen LogP contribution in [0, 0.1) is 6.92 Å². The lowest BCUT2D eigenvalue weighted by Crippen LogP contribution is -2.23. The normalized spacial score (nSPS) is 10.0. The number of hydrogen-bond acceptors (Lipinski definition) is 5. The van der Waals surface area contributed by atoms with Gasteiger partial charge in [0.15, 0.2) is 18.4 Å². The number of esters is 1. The topological polar surface area (TPSA) is 77.5 Å². The van der Waals surface area contributed by atoms with E-state index in [2.05, 4.69) is 10.3 Å². The van der Waals surface area contributed by atoms with Crippen molar-refractivity contribution in [2.75, 3.05) is 18.5 Å². The van der Waals surface area contributed by atoms with E-state index in [-0.39, 0.29) is 11.8 Å². The summed E-state index contributed by atoms with van der Waals surface area (Å²) in [6.07, 6.45) is 1.50. The zero-order valence-electron chi connectivity index (χ0n) is 12.4. The monoisotopic (exact) mass is 334 g/mol. The number of carbonyl (C=O) groups is 2. The lowest BCUT2D eigenvalue weighted by atomic mass is 10.2. The number of aryl methyl sites for hydroxylation is 1. The molecule has 0 fully saturated rings. The Morgan fingerprint density at radius 1 is 1.22 bits per heavy atom. The summed E-state index contributed by atoms with van der Waals surface area (Å²) in [4.78, 5) is 27.1. The van der Waals surface area contributed by atoms with Gasteiger partial charge in [-0.05, 0) is 36.8 Å². The zero-order valence-corrected chi connectivity index (χ0v) is 13.2. The van der Waals surface area contributed by atoms with Crippen LogP contribution in [0.4, 0.5) is 5.69 Å². The minimum Gasteiger partial charge on any atom is -0.482 e. The van der Waals surface area contributed by atoms with Gasteiger partial charge in [0.05, 0.1) is 5.69 Å². The quantitative estimate of drug-likeness (QED) is 0.649. The Balaban J connectivity index is 1.74. The van der Waals surface area contributed by atoms with Gasteiger partial charge >= 0.3 is 5.97 Å². The van der Waals surface area contributed by atoms with Gasteiger partial charge < -0.3 is 14.8 Å². The van der Waals surface area contributed by atoms with Gasteiger partial charge in [-0.3, -0.25) is 4.79 Å². The highest BCUT2D eigenvalue weighted by molar-refractivity contribution is 6.32. The summed E-state index contributed by atoms with van der Waals surface area (Å²) < 4.78 is 10.1. The number of amides is 1. The van der Waals surface area contributed by atoms with Crippen LogP contribution in [0.15, 0.2) is 42.6 Å². The molecule has 120 valence electrons. The highest BCUT2D eigenvalue weighted by atomic mass is 35.5. The number of benzene rings is 1. The first kappa shape index (κ1) is 16.8. The number of carbonyl (C=O) groups excluding carboxylic acids is 2. The molecule has 23 heavy (non-hydrogen) atoms. The first-order valence-corrected chi connectivity index (χ1v) is 7.18. The number of halogens is 1. The molecule has 0 aliphatic rings. The molecule has 2 aromatic rings. The molecule has 0 radical (unpaired) electrons. The summed E-state index contributed by atoms with van der Waals surface area (Å²) in [7, 11) is 0. The number of pyridine rings is 1. The van der Waals surface area contributed by atoms with Crippen LogP contribution >= 0.6 is 11.6 Å². The van der Waals surface area contributed by atoms with Crippen LogP contribution in [0.2, 0.25) is 5.15 Å². The fourth-order valence-corrected chi connectivity index (χ4v) is 1.87. The molecular formula is C16H15ClN2O4. The third-order valence-electron chi connectivity index (χ3n) is 2.74. The van der Waals surface area contributed by atoms with Crippen molar-refractivity contribution in [3.63, 3.8) is 0 Å². The molecule has 2 rings (SSSR count). The summed E-state index contributed by atoms with van der Waals surface area (Å²) in [6.45, 7) is 1.21. The predicted octanol–water partition coefficient (Wildman–Crippen LogP) is 2.60. The Bertz CT molecular complexity index is 706. The average Bonchev–Trinajstić information content (AvgIpc) is 2.53. The van der Waals surface area contributed by atoms with Crippen molar-refractivity contribution in [1.29, 1.82) is 0 Å². The summed E-state index contributed by atoms with van der Waals surface area (Å²) in [5, 5.41) is 2.66. The Morgan fingerprint density at radius 3 is 2.78 bits per heavy atom. The largest absolute Gasteiger partial charge is 0.482 e. The van der Waals surface area contributed by atoms with Crippen molar-refractivity contribution in [2.24, 2.45) is 0 Å². The maximum absolute atomic E-state index is 11.7. The molecule has 1 N–H and O–H groups in total. The number of nitrogens with one attached hydrogen (secondary N) is 1. The average molecular weight is 335 g/mol. The van der Waals surface area contributed by atoms with Crippen LogP contribution < -0.4 is 10.1 Å². The minimum atomic E-state index is -0.640. The van der Waals surface area contributed by atoms with E-state index >= 15 is 0 Å². The van der Waals surface area contributed by atoms with Gasteiger partial charge in [0, 0.05) is 6.20 Å².